The lowest BCUT2D eigenvalue weighted by molar-refractivity contribution is -0.121. The van der Waals surface area contributed by atoms with E-state index in [1.54, 1.807) is 24.3 Å². The van der Waals surface area contributed by atoms with Gasteiger partial charge in [-0.2, -0.15) is 0 Å². The first-order valence-corrected chi connectivity index (χ1v) is 8.10. The molecule has 0 fully saturated rings. The van der Waals surface area contributed by atoms with Crippen molar-refractivity contribution in [2.45, 2.75) is 13.0 Å². The average Bonchev–Trinajstić information content (AvgIpc) is 3.22. The number of nitrogens with zero attached hydrogens (tertiary/aromatic N) is 2. The van der Waals surface area contributed by atoms with Crippen LogP contribution in [0.15, 0.2) is 36.5 Å². The molecule has 26 heavy (non-hydrogen) atoms. The number of hydrogen-bond donors (Lipinski definition) is 1. The second-order valence-corrected chi connectivity index (χ2v) is 5.88. The van der Waals surface area contributed by atoms with Crippen LogP contribution in [0.4, 0.5) is 0 Å². The molecule has 0 aliphatic carbocycles. The number of rotatable bonds is 5. The molecule has 4 rings (SSSR count). The molecule has 8 heteroatoms. The van der Waals surface area contributed by atoms with Crippen molar-refractivity contribution < 1.29 is 23.9 Å². The van der Waals surface area contributed by atoms with E-state index in [4.69, 9.17) is 9.47 Å². The molecule has 1 aromatic heterocycles. The second kappa shape index (κ2) is 6.47. The molecule has 2 aliphatic rings. The highest BCUT2D eigenvalue weighted by Gasteiger charge is 2.36. The molecule has 1 N–H and O–H groups in total. The predicted octanol–water partition coefficient (Wildman–Crippen LogP) is 1.11. The highest BCUT2D eigenvalue weighted by atomic mass is 16.7. The molecule has 0 atom stereocenters. The van der Waals surface area contributed by atoms with Crippen LogP contribution in [0, 0.1) is 0 Å². The number of fused-ring (bicyclic) bond motifs is 2. The van der Waals surface area contributed by atoms with E-state index in [9.17, 15) is 14.4 Å². The number of nitrogens with one attached hydrogen (secondary N) is 1. The van der Waals surface area contributed by atoms with Crippen molar-refractivity contribution in [1.29, 1.82) is 0 Å². The van der Waals surface area contributed by atoms with Gasteiger partial charge in [-0.05, 0) is 29.8 Å². The average molecular weight is 353 g/mol. The summed E-state index contributed by atoms with van der Waals surface area (Å²) in [5.41, 5.74) is 1.28. The van der Waals surface area contributed by atoms with Crippen molar-refractivity contribution >= 4 is 17.7 Å². The van der Waals surface area contributed by atoms with Crippen molar-refractivity contribution in [3.05, 3.63) is 53.3 Å². The van der Waals surface area contributed by atoms with E-state index in [0.717, 1.165) is 10.5 Å². The largest absolute Gasteiger partial charge is 0.454 e. The first-order chi connectivity index (χ1) is 12.6. The lowest BCUT2D eigenvalue weighted by Crippen LogP contribution is -2.34. The smallest absolute Gasteiger partial charge is 0.280 e. The Morgan fingerprint density at radius 3 is 2.85 bits per heavy atom. The number of carbonyl (C=O) groups excluding carboxylic acids is 3. The van der Waals surface area contributed by atoms with Crippen molar-refractivity contribution in [3.8, 4) is 11.5 Å². The van der Waals surface area contributed by atoms with E-state index < -0.39 is 11.8 Å². The molecule has 0 saturated heterocycles. The van der Waals surface area contributed by atoms with Crippen LogP contribution in [-0.4, -0.2) is 40.9 Å². The third-order valence-electron chi connectivity index (χ3n) is 4.22. The summed E-state index contributed by atoms with van der Waals surface area (Å²) in [5, 5.41) is 2.76. The van der Waals surface area contributed by atoms with Crippen molar-refractivity contribution in [2.24, 2.45) is 0 Å². The van der Waals surface area contributed by atoms with E-state index in [0.29, 0.717) is 18.0 Å². The second-order valence-electron chi connectivity index (χ2n) is 5.88. The lowest BCUT2D eigenvalue weighted by atomic mass is 10.2. The van der Waals surface area contributed by atoms with Gasteiger partial charge in [-0.15, -0.1) is 0 Å². The Balaban J connectivity index is 1.31. The number of benzene rings is 1. The zero-order valence-corrected chi connectivity index (χ0v) is 13.7. The third kappa shape index (κ3) is 2.85. The minimum atomic E-state index is -0.464. The van der Waals surface area contributed by atoms with E-state index in [1.165, 1.54) is 6.20 Å². The van der Waals surface area contributed by atoms with Gasteiger partial charge >= 0.3 is 0 Å². The van der Waals surface area contributed by atoms with Gasteiger partial charge in [-0.1, -0.05) is 6.07 Å². The molecule has 1 aromatic carbocycles. The number of imide groups is 1. The first-order valence-electron chi connectivity index (χ1n) is 8.10. The Kier molecular flexibility index (Phi) is 4.00. The number of ether oxygens (including phenoxy) is 2. The van der Waals surface area contributed by atoms with Gasteiger partial charge in [0, 0.05) is 25.7 Å². The summed E-state index contributed by atoms with van der Waals surface area (Å²) in [5.74, 6) is 0.192. The summed E-state index contributed by atoms with van der Waals surface area (Å²) in [4.78, 5) is 41.5. The van der Waals surface area contributed by atoms with Gasteiger partial charge in [0.2, 0.25) is 12.7 Å². The van der Waals surface area contributed by atoms with Gasteiger partial charge in [0.15, 0.2) is 11.5 Å². The Morgan fingerprint density at radius 2 is 2.00 bits per heavy atom. The van der Waals surface area contributed by atoms with Crippen molar-refractivity contribution in [3.63, 3.8) is 0 Å². The highest BCUT2D eigenvalue weighted by Crippen LogP contribution is 2.32. The predicted molar refractivity (Wildman–Crippen MR) is 88.6 cm³/mol. The molecule has 0 radical (unpaired) electrons. The minimum Gasteiger partial charge on any atom is -0.454 e. The molecular weight excluding hydrogens is 338 g/mol. The molecule has 0 unspecified atom stereocenters. The normalized spacial score (nSPS) is 14.5. The molecule has 0 spiro atoms. The van der Waals surface area contributed by atoms with E-state index >= 15 is 0 Å². The van der Waals surface area contributed by atoms with Gasteiger partial charge in [0.05, 0.1) is 5.56 Å². The van der Waals surface area contributed by atoms with Crippen LogP contribution in [0.1, 0.15) is 32.8 Å². The van der Waals surface area contributed by atoms with Crippen LogP contribution in [-0.2, 0) is 11.3 Å². The summed E-state index contributed by atoms with van der Waals surface area (Å²) in [6, 6.07) is 8.59. The summed E-state index contributed by atoms with van der Waals surface area (Å²) in [7, 11) is 0. The molecule has 0 bridgehead atoms. The number of aromatic nitrogens is 1. The Hall–Kier alpha value is -3.42. The zero-order chi connectivity index (χ0) is 18.1. The first kappa shape index (κ1) is 16.1. The summed E-state index contributed by atoms with van der Waals surface area (Å²) in [6.45, 7) is 0.528. The van der Waals surface area contributed by atoms with E-state index in [2.05, 4.69) is 10.3 Å². The number of hydrogen-bond acceptors (Lipinski definition) is 6. The zero-order valence-electron chi connectivity index (χ0n) is 13.7. The highest BCUT2D eigenvalue weighted by molar-refractivity contribution is 6.20. The SMILES string of the molecule is O=C(CCN1C(=O)c2cccnc2C1=O)NCc1ccc2c(c1)OCO2. The molecule has 3 amide bonds. The van der Waals surface area contributed by atoms with Crippen molar-refractivity contribution in [2.75, 3.05) is 13.3 Å². The van der Waals surface area contributed by atoms with Gasteiger partial charge in [0.25, 0.3) is 11.8 Å². The van der Waals surface area contributed by atoms with Crippen LogP contribution >= 0.6 is 0 Å². The number of carbonyl (C=O) groups is 3. The van der Waals surface area contributed by atoms with Crippen LogP contribution < -0.4 is 14.8 Å². The molecular formula is C18H15N3O5. The Labute approximate surface area is 148 Å². The van der Waals surface area contributed by atoms with Crippen LogP contribution in [0.2, 0.25) is 0 Å². The van der Waals surface area contributed by atoms with Gasteiger partial charge in [0.1, 0.15) is 5.69 Å². The van der Waals surface area contributed by atoms with Crippen LogP contribution in [0.5, 0.6) is 11.5 Å². The van der Waals surface area contributed by atoms with Crippen LogP contribution in [0.3, 0.4) is 0 Å². The minimum absolute atomic E-state index is 0.0149. The molecule has 2 aromatic rings. The quantitative estimate of drug-likeness (QED) is 0.809. The molecule has 132 valence electrons. The third-order valence-corrected chi connectivity index (χ3v) is 4.22. The maximum atomic E-state index is 12.2. The fourth-order valence-corrected chi connectivity index (χ4v) is 2.87. The van der Waals surface area contributed by atoms with Crippen molar-refractivity contribution in [1.82, 2.24) is 15.2 Å². The number of amides is 3. The summed E-state index contributed by atoms with van der Waals surface area (Å²) in [6.07, 6.45) is 1.49. The summed E-state index contributed by atoms with van der Waals surface area (Å²) >= 11 is 0. The summed E-state index contributed by atoms with van der Waals surface area (Å²) < 4.78 is 10.5. The molecule has 8 nitrogen and oxygen atoms in total. The fraction of sp³-hybridized carbons (Fsp3) is 0.222. The van der Waals surface area contributed by atoms with Crippen LogP contribution in [0.25, 0.3) is 0 Å². The Morgan fingerprint density at radius 1 is 1.15 bits per heavy atom. The standard InChI is InChI=1S/C18H15N3O5/c22-15(20-9-11-3-4-13-14(8-11)26-10-25-13)5-7-21-17(23)12-2-1-6-19-16(12)18(21)24/h1-4,6,8H,5,7,9-10H2,(H,20,22). The molecule has 3 heterocycles. The lowest BCUT2D eigenvalue weighted by Gasteiger charge is -2.13. The molecule has 2 aliphatic heterocycles. The monoisotopic (exact) mass is 353 g/mol. The molecule has 0 saturated carbocycles. The van der Waals surface area contributed by atoms with Gasteiger partial charge < -0.3 is 14.8 Å². The van der Waals surface area contributed by atoms with Gasteiger partial charge in [-0.25, -0.2) is 0 Å². The van der Waals surface area contributed by atoms with E-state index in [1.807, 2.05) is 6.07 Å². The Bertz CT molecular complexity index is 876. The fourth-order valence-electron chi connectivity index (χ4n) is 2.87. The maximum absolute atomic E-state index is 12.2. The maximum Gasteiger partial charge on any atom is 0.280 e. The van der Waals surface area contributed by atoms with Gasteiger partial charge in [-0.3, -0.25) is 24.3 Å². The number of pyridine rings is 1. The topological polar surface area (TPSA) is 97.8 Å². The van der Waals surface area contributed by atoms with E-state index in [-0.39, 0.29) is 36.9 Å².